The number of nitrogens with zero attached hydrogens (tertiary/aromatic N) is 2. The largest absolute Gasteiger partial charge is 0.325 e. The number of hydrogen-bond donors (Lipinski definition) is 1. The fourth-order valence-electron chi connectivity index (χ4n) is 3.70. The van der Waals surface area contributed by atoms with Crippen LogP contribution >= 0.6 is 22.7 Å². The molecule has 1 N–H and O–H groups in total. The molecule has 2 atom stereocenters. The molecule has 1 spiro atoms. The molecule has 3 heterocycles. The lowest BCUT2D eigenvalue weighted by Gasteiger charge is -2.36. The summed E-state index contributed by atoms with van der Waals surface area (Å²) in [5.41, 5.74) is 1.16. The van der Waals surface area contributed by atoms with E-state index in [-0.39, 0.29) is 24.4 Å². The van der Waals surface area contributed by atoms with Crippen molar-refractivity contribution in [2.24, 2.45) is 5.92 Å². The second-order valence-electron chi connectivity index (χ2n) is 6.60. The van der Waals surface area contributed by atoms with Gasteiger partial charge in [0.25, 0.3) is 5.91 Å². The molecule has 1 aliphatic carbocycles. The van der Waals surface area contributed by atoms with Crippen LogP contribution in [-0.2, 0) is 11.3 Å². The van der Waals surface area contributed by atoms with Gasteiger partial charge in [-0.15, -0.1) is 11.3 Å². The topological polar surface area (TPSA) is 62.3 Å². The van der Waals surface area contributed by atoms with E-state index in [2.05, 4.69) is 22.6 Å². The molecule has 7 heteroatoms. The van der Waals surface area contributed by atoms with Gasteiger partial charge in [-0.2, -0.15) is 11.3 Å². The molecular weight excluding hydrogens is 342 g/mol. The van der Waals surface area contributed by atoms with Crippen molar-refractivity contribution >= 4 is 34.6 Å². The summed E-state index contributed by atoms with van der Waals surface area (Å²) in [6.45, 7) is 2.32. The number of amides is 3. The molecule has 0 radical (unpaired) electrons. The van der Waals surface area contributed by atoms with Crippen molar-refractivity contribution in [3.05, 3.63) is 27.9 Å². The summed E-state index contributed by atoms with van der Waals surface area (Å²) in [6.07, 6.45) is 3.84. The summed E-state index contributed by atoms with van der Waals surface area (Å²) in [7, 11) is 0. The van der Waals surface area contributed by atoms with Crippen LogP contribution in [0.3, 0.4) is 0 Å². The van der Waals surface area contributed by atoms with Gasteiger partial charge in [0.1, 0.15) is 10.5 Å². The average molecular weight is 361 g/mol. The van der Waals surface area contributed by atoms with Gasteiger partial charge in [-0.05, 0) is 30.2 Å². The first-order valence-electron chi connectivity index (χ1n) is 8.21. The van der Waals surface area contributed by atoms with Crippen LogP contribution in [0, 0.1) is 5.92 Å². The number of hydrogen-bond acceptors (Lipinski definition) is 5. The van der Waals surface area contributed by atoms with Crippen LogP contribution in [0.2, 0.25) is 0 Å². The van der Waals surface area contributed by atoms with Crippen molar-refractivity contribution < 1.29 is 9.59 Å². The minimum Gasteiger partial charge on any atom is -0.323 e. The summed E-state index contributed by atoms with van der Waals surface area (Å²) in [5, 5.41) is 9.92. The van der Waals surface area contributed by atoms with Crippen molar-refractivity contribution in [1.82, 2.24) is 15.2 Å². The van der Waals surface area contributed by atoms with Crippen molar-refractivity contribution in [1.29, 1.82) is 0 Å². The van der Waals surface area contributed by atoms with Gasteiger partial charge in [-0.1, -0.05) is 19.8 Å². The number of carbonyl (C=O) groups is 2. The van der Waals surface area contributed by atoms with Gasteiger partial charge in [-0.3, -0.25) is 9.69 Å². The predicted molar refractivity (Wildman–Crippen MR) is 94.9 cm³/mol. The Kier molecular flexibility index (Phi) is 3.92. The molecule has 126 valence electrons. The van der Waals surface area contributed by atoms with Crippen LogP contribution in [0.25, 0.3) is 10.6 Å². The van der Waals surface area contributed by atoms with Crippen molar-refractivity contribution in [2.45, 2.75) is 44.7 Å². The third-order valence-corrected chi connectivity index (χ3v) is 6.76. The number of urea groups is 1. The van der Waals surface area contributed by atoms with Crippen molar-refractivity contribution in [3.63, 3.8) is 0 Å². The first-order valence-corrected chi connectivity index (χ1v) is 10.0. The number of aromatic nitrogens is 1. The molecule has 0 bridgehead atoms. The maximum atomic E-state index is 13.0. The second kappa shape index (κ2) is 5.97. The number of imide groups is 1. The summed E-state index contributed by atoms with van der Waals surface area (Å²) in [4.78, 5) is 31.3. The summed E-state index contributed by atoms with van der Waals surface area (Å²) in [5.74, 6) is 0.106. The van der Waals surface area contributed by atoms with Gasteiger partial charge in [0.15, 0.2) is 0 Å². The Labute approximate surface area is 148 Å². The molecule has 2 fully saturated rings. The van der Waals surface area contributed by atoms with E-state index in [0.717, 1.165) is 41.9 Å². The maximum Gasteiger partial charge on any atom is 0.325 e. The number of thiophene rings is 1. The molecule has 1 saturated carbocycles. The van der Waals surface area contributed by atoms with E-state index in [1.165, 1.54) is 4.90 Å². The number of thiazole rings is 1. The van der Waals surface area contributed by atoms with Crippen molar-refractivity contribution in [3.8, 4) is 10.6 Å². The van der Waals surface area contributed by atoms with Gasteiger partial charge >= 0.3 is 6.03 Å². The van der Waals surface area contributed by atoms with Crippen LogP contribution < -0.4 is 5.32 Å². The van der Waals surface area contributed by atoms with E-state index in [1.54, 1.807) is 22.7 Å². The van der Waals surface area contributed by atoms with Crippen LogP contribution in [0.1, 0.15) is 38.3 Å². The Balaban J connectivity index is 1.55. The Bertz CT molecular complexity index is 771. The van der Waals surface area contributed by atoms with Gasteiger partial charge in [0.05, 0.1) is 12.2 Å². The van der Waals surface area contributed by atoms with E-state index >= 15 is 0 Å². The summed E-state index contributed by atoms with van der Waals surface area (Å²) in [6, 6.07) is 1.75. The predicted octanol–water partition coefficient (Wildman–Crippen LogP) is 3.87. The normalized spacial score (nSPS) is 27.0. The van der Waals surface area contributed by atoms with Gasteiger partial charge in [0, 0.05) is 16.3 Å². The van der Waals surface area contributed by atoms with Gasteiger partial charge in [0.2, 0.25) is 0 Å². The SMILES string of the molecule is C[C@H]1CCCC[C@@]12NC(=O)N(Cc1csc(-c3ccsc3)n1)C2=O. The highest BCUT2D eigenvalue weighted by Crippen LogP contribution is 2.38. The minimum absolute atomic E-state index is 0.0789. The van der Waals surface area contributed by atoms with Gasteiger partial charge < -0.3 is 5.32 Å². The molecule has 2 aliphatic rings. The zero-order valence-corrected chi connectivity index (χ0v) is 15.1. The molecule has 5 nitrogen and oxygen atoms in total. The zero-order valence-electron chi connectivity index (χ0n) is 13.4. The first-order chi connectivity index (χ1) is 11.6. The first kappa shape index (κ1) is 15.8. The second-order valence-corrected chi connectivity index (χ2v) is 8.23. The minimum atomic E-state index is -0.693. The summed E-state index contributed by atoms with van der Waals surface area (Å²) < 4.78 is 0. The molecule has 1 aliphatic heterocycles. The summed E-state index contributed by atoms with van der Waals surface area (Å²) >= 11 is 3.18. The van der Waals surface area contributed by atoms with Crippen LogP contribution in [0.4, 0.5) is 4.79 Å². The Morgan fingerprint density at radius 1 is 1.38 bits per heavy atom. The fraction of sp³-hybridized carbons (Fsp3) is 0.471. The smallest absolute Gasteiger partial charge is 0.323 e. The van der Waals surface area contributed by atoms with E-state index in [1.807, 2.05) is 16.8 Å². The highest BCUT2D eigenvalue weighted by molar-refractivity contribution is 7.14. The average Bonchev–Trinajstić information content (AvgIpc) is 3.28. The van der Waals surface area contributed by atoms with Crippen LogP contribution in [0.15, 0.2) is 22.2 Å². The molecular formula is C17H19N3O2S2. The van der Waals surface area contributed by atoms with E-state index in [9.17, 15) is 9.59 Å². The monoisotopic (exact) mass is 361 g/mol. The quantitative estimate of drug-likeness (QED) is 0.844. The molecule has 4 rings (SSSR count). The van der Waals surface area contributed by atoms with Crippen molar-refractivity contribution in [2.75, 3.05) is 0 Å². The number of carbonyl (C=O) groups excluding carboxylic acids is 2. The highest BCUT2D eigenvalue weighted by Gasteiger charge is 2.54. The van der Waals surface area contributed by atoms with E-state index < -0.39 is 5.54 Å². The number of nitrogens with one attached hydrogen (secondary N) is 1. The molecule has 2 aromatic heterocycles. The third kappa shape index (κ3) is 2.46. The molecule has 24 heavy (non-hydrogen) atoms. The fourth-order valence-corrected chi connectivity index (χ4v) is 5.22. The molecule has 0 unspecified atom stereocenters. The molecule has 3 amide bonds. The Hall–Kier alpha value is -1.73. The highest BCUT2D eigenvalue weighted by atomic mass is 32.1. The van der Waals surface area contributed by atoms with E-state index in [0.29, 0.717) is 0 Å². The van der Waals surface area contributed by atoms with E-state index in [4.69, 9.17) is 0 Å². The molecule has 0 aromatic carbocycles. The Morgan fingerprint density at radius 3 is 3.00 bits per heavy atom. The van der Waals surface area contributed by atoms with Gasteiger partial charge in [-0.25, -0.2) is 9.78 Å². The molecule has 1 saturated heterocycles. The van der Waals surface area contributed by atoms with Crippen LogP contribution in [0.5, 0.6) is 0 Å². The third-order valence-electron chi connectivity index (χ3n) is 5.14. The Morgan fingerprint density at radius 2 is 2.25 bits per heavy atom. The lowest BCUT2D eigenvalue weighted by Crippen LogP contribution is -2.53. The zero-order chi connectivity index (χ0) is 16.7. The maximum absolute atomic E-state index is 13.0. The molecule has 2 aromatic rings. The number of rotatable bonds is 3. The lowest BCUT2D eigenvalue weighted by molar-refractivity contribution is -0.134. The lowest BCUT2D eigenvalue weighted by atomic mass is 9.73. The van der Waals surface area contributed by atoms with Crippen LogP contribution in [-0.4, -0.2) is 27.4 Å². The standard InChI is InChI=1S/C17H19N3O2S2/c1-11-4-2-3-6-17(11)15(21)20(16(22)19-17)8-13-10-24-14(18-13)12-5-7-23-9-12/h5,7,9-11H,2-4,6,8H2,1H3,(H,19,22)/t11-,17+/m0/s1.